The molecule has 0 bridgehead atoms. The van der Waals surface area contributed by atoms with Gasteiger partial charge in [-0.05, 0) is 48.1 Å². The first kappa shape index (κ1) is 21.4. The van der Waals surface area contributed by atoms with Gasteiger partial charge in [-0.1, -0.05) is 36.1 Å². The Labute approximate surface area is 182 Å². The van der Waals surface area contributed by atoms with Gasteiger partial charge in [-0.2, -0.15) is 0 Å². The third kappa shape index (κ3) is 5.81. The van der Waals surface area contributed by atoms with Crippen LogP contribution in [0.15, 0.2) is 40.6 Å². The van der Waals surface area contributed by atoms with E-state index in [1.54, 1.807) is 22.3 Å². The third-order valence-corrected chi connectivity index (χ3v) is 6.45. The van der Waals surface area contributed by atoms with E-state index in [4.69, 9.17) is 12.2 Å². The predicted octanol–water partition coefficient (Wildman–Crippen LogP) is 3.50. The fourth-order valence-corrected chi connectivity index (χ4v) is 4.78. The second-order valence-corrected chi connectivity index (χ2v) is 9.03. The van der Waals surface area contributed by atoms with Crippen molar-refractivity contribution in [3.8, 4) is 11.5 Å². The van der Waals surface area contributed by atoms with Crippen molar-refractivity contribution in [2.45, 2.75) is 19.3 Å². The smallest absolute Gasteiger partial charge is 0.266 e. The first-order chi connectivity index (χ1) is 13.9. The molecule has 1 aromatic carbocycles. The molecule has 1 aliphatic rings. The Morgan fingerprint density at radius 3 is 2.79 bits per heavy atom. The van der Waals surface area contributed by atoms with Crippen LogP contribution in [0.1, 0.15) is 23.3 Å². The number of nitrogens with zero attached hydrogens (tertiary/aromatic N) is 1. The maximum absolute atomic E-state index is 12.5. The summed E-state index contributed by atoms with van der Waals surface area (Å²) in [5.74, 6) is -0.558. The number of thiophene rings is 1. The molecule has 2 aromatic rings. The number of carbonyl (C=O) groups is 2. The van der Waals surface area contributed by atoms with E-state index in [1.807, 2.05) is 23.6 Å². The number of hydrogen-bond acceptors (Lipinski definition) is 7. The molecule has 1 saturated heterocycles. The number of nitrogens with one attached hydrogen (secondary N) is 1. The normalized spacial score (nSPS) is 15.3. The molecule has 1 aromatic heterocycles. The number of phenolic OH excluding ortho intramolecular Hbond substituents is 2. The van der Waals surface area contributed by atoms with E-state index < -0.39 is 0 Å². The van der Waals surface area contributed by atoms with Gasteiger partial charge in [-0.25, -0.2) is 0 Å². The maximum Gasteiger partial charge on any atom is 0.266 e. The lowest BCUT2D eigenvalue weighted by atomic mass is 10.1. The van der Waals surface area contributed by atoms with Crippen LogP contribution in [-0.2, 0) is 16.0 Å². The van der Waals surface area contributed by atoms with Crippen molar-refractivity contribution in [3.05, 3.63) is 51.1 Å². The highest BCUT2D eigenvalue weighted by Crippen LogP contribution is 2.33. The second-order valence-electron chi connectivity index (χ2n) is 6.38. The lowest BCUT2D eigenvalue weighted by Gasteiger charge is -2.14. The highest BCUT2D eigenvalue weighted by atomic mass is 32.2. The van der Waals surface area contributed by atoms with Gasteiger partial charge >= 0.3 is 0 Å². The number of amides is 2. The summed E-state index contributed by atoms with van der Waals surface area (Å²) in [5, 5.41) is 23.5. The highest BCUT2D eigenvalue weighted by molar-refractivity contribution is 8.26. The average Bonchev–Trinajstić information content (AvgIpc) is 3.28. The zero-order valence-electron chi connectivity index (χ0n) is 15.5. The van der Waals surface area contributed by atoms with E-state index in [0.717, 1.165) is 10.4 Å². The van der Waals surface area contributed by atoms with Crippen LogP contribution in [0.3, 0.4) is 0 Å². The molecule has 6 nitrogen and oxygen atoms in total. The van der Waals surface area contributed by atoms with Gasteiger partial charge in [0.05, 0.1) is 4.91 Å². The summed E-state index contributed by atoms with van der Waals surface area (Å²) < 4.78 is 0.519. The van der Waals surface area contributed by atoms with E-state index >= 15 is 0 Å². The monoisotopic (exact) mass is 448 g/mol. The van der Waals surface area contributed by atoms with Gasteiger partial charge in [0.1, 0.15) is 4.32 Å². The van der Waals surface area contributed by atoms with Crippen molar-refractivity contribution in [2.24, 2.45) is 0 Å². The van der Waals surface area contributed by atoms with E-state index in [2.05, 4.69) is 5.32 Å². The molecule has 29 heavy (non-hydrogen) atoms. The van der Waals surface area contributed by atoms with E-state index in [0.29, 0.717) is 41.6 Å². The number of aromatic hydroxyl groups is 2. The molecule has 0 atom stereocenters. The lowest BCUT2D eigenvalue weighted by Crippen LogP contribution is -2.31. The Morgan fingerprint density at radius 1 is 1.24 bits per heavy atom. The molecule has 3 N–H and O–H groups in total. The highest BCUT2D eigenvalue weighted by Gasteiger charge is 2.31. The molecule has 0 radical (unpaired) electrons. The third-order valence-electron chi connectivity index (χ3n) is 4.25. The molecular formula is C20H20N2O4S3. The van der Waals surface area contributed by atoms with Gasteiger partial charge in [0.25, 0.3) is 5.91 Å². The number of rotatable bonds is 8. The van der Waals surface area contributed by atoms with E-state index in [1.165, 1.54) is 23.9 Å². The van der Waals surface area contributed by atoms with Crippen LogP contribution in [0.2, 0.25) is 0 Å². The van der Waals surface area contributed by atoms with Crippen LogP contribution >= 0.6 is 35.3 Å². The molecule has 152 valence electrons. The molecule has 0 unspecified atom stereocenters. The number of hydrogen-bond donors (Lipinski definition) is 3. The van der Waals surface area contributed by atoms with Crippen molar-refractivity contribution in [3.63, 3.8) is 0 Å². The largest absolute Gasteiger partial charge is 0.504 e. The fraction of sp³-hybridized carbons (Fsp3) is 0.250. The summed E-state index contributed by atoms with van der Waals surface area (Å²) >= 11 is 8.15. The molecule has 2 heterocycles. The van der Waals surface area contributed by atoms with Crippen LogP contribution in [0.4, 0.5) is 0 Å². The topological polar surface area (TPSA) is 89.9 Å². The Kier molecular flexibility index (Phi) is 7.29. The van der Waals surface area contributed by atoms with Gasteiger partial charge in [0.2, 0.25) is 5.91 Å². The number of carbonyl (C=O) groups excluding carboxylic acids is 2. The summed E-state index contributed by atoms with van der Waals surface area (Å²) in [6.07, 6.45) is 3.20. The minimum absolute atomic E-state index is 0.104. The van der Waals surface area contributed by atoms with Gasteiger partial charge in [-0.15, -0.1) is 11.3 Å². The van der Waals surface area contributed by atoms with Crippen LogP contribution in [0.5, 0.6) is 11.5 Å². The zero-order valence-corrected chi connectivity index (χ0v) is 17.9. The molecule has 0 aliphatic carbocycles. The lowest BCUT2D eigenvalue weighted by molar-refractivity contribution is -0.123. The Hall–Kier alpha value is -2.36. The molecule has 2 amide bonds. The Morgan fingerprint density at radius 2 is 2.07 bits per heavy atom. The molecule has 0 saturated carbocycles. The average molecular weight is 449 g/mol. The van der Waals surface area contributed by atoms with Gasteiger partial charge < -0.3 is 15.5 Å². The Bertz CT molecular complexity index is 941. The SMILES string of the molecule is O=C(CCCN1C(=O)/C(=C/c2cccs2)SC1=S)NCCc1ccc(O)c(O)c1. The van der Waals surface area contributed by atoms with Gasteiger partial charge in [0, 0.05) is 24.4 Å². The van der Waals surface area contributed by atoms with Crippen molar-refractivity contribution in [2.75, 3.05) is 13.1 Å². The standard InChI is InChI=1S/C20H20N2O4S3/c23-15-6-5-13(11-16(15)24)7-8-21-18(25)4-1-9-22-19(26)17(29-20(22)27)12-14-3-2-10-28-14/h2-3,5-6,10-12,23-24H,1,4,7-9H2,(H,21,25)/b17-12-. The van der Waals surface area contributed by atoms with Crippen LogP contribution in [0.25, 0.3) is 6.08 Å². The molecule has 1 aliphatic heterocycles. The predicted molar refractivity (Wildman–Crippen MR) is 120 cm³/mol. The van der Waals surface area contributed by atoms with Crippen molar-refractivity contribution in [1.82, 2.24) is 10.2 Å². The summed E-state index contributed by atoms with van der Waals surface area (Å²) in [6.45, 7) is 0.833. The van der Waals surface area contributed by atoms with Crippen LogP contribution < -0.4 is 5.32 Å². The number of benzene rings is 1. The molecule has 3 rings (SSSR count). The molecule has 0 spiro atoms. The van der Waals surface area contributed by atoms with Crippen LogP contribution in [0, 0.1) is 0 Å². The first-order valence-corrected chi connectivity index (χ1v) is 11.1. The summed E-state index contributed by atoms with van der Waals surface area (Å²) in [7, 11) is 0. The summed E-state index contributed by atoms with van der Waals surface area (Å²) in [4.78, 5) is 27.7. The summed E-state index contributed by atoms with van der Waals surface area (Å²) in [6, 6.07) is 8.46. The minimum atomic E-state index is -0.176. The first-order valence-electron chi connectivity index (χ1n) is 9.00. The van der Waals surface area contributed by atoms with Gasteiger partial charge in [-0.3, -0.25) is 14.5 Å². The zero-order chi connectivity index (χ0) is 20.8. The maximum atomic E-state index is 12.5. The van der Waals surface area contributed by atoms with E-state index in [-0.39, 0.29) is 23.3 Å². The van der Waals surface area contributed by atoms with E-state index in [9.17, 15) is 19.8 Å². The Balaban J connectivity index is 1.40. The second kappa shape index (κ2) is 9.91. The minimum Gasteiger partial charge on any atom is -0.504 e. The fourth-order valence-electron chi connectivity index (χ4n) is 2.75. The number of phenols is 2. The van der Waals surface area contributed by atoms with Gasteiger partial charge in [0.15, 0.2) is 11.5 Å². The van der Waals surface area contributed by atoms with Crippen molar-refractivity contribution in [1.29, 1.82) is 0 Å². The quantitative estimate of drug-likeness (QED) is 0.325. The molecule has 1 fully saturated rings. The number of thiocarbonyl (C=S) groups is 1. The van der Waals surface area contributed by atoms with Crippen LogP contribution in [-0.4, -0.2) is 44.3 Å². The number of thioether (sulfide) groups is 1. The molecular weight excluding hydrogens is 428 g/mol. The van der Waals surface area contributed by atoms with Crippen molar-refractivity contribution < 1.29 is 19.8 Å². The van der Waals surface area contributed by atoms with Crippen molar-refractivity contribution >= 4 is 57.5 Å². The molecule has 9 heteroatoms. The summed E-state index contributed by atoms with van der Waals surface area (Å²) in [5.41, 5.74) is 0.815.